The second kappa shape index (κ2) is 11.7. The Kier molecular flexibility index (Phi) is 8.16. The summed E-state index contributed by atoms with van der Waals surface area (Å²) in [6.45, 7) is 0. The molecule has 0 unspecified atom stereocenters. The third-order valence-electron chi connectivity index (χ3n) is 5.42. The minimum Gasteiger partial charge on any atom is -0.324 e. The molecule has 2 amide bonds. The molecular weight excluding hydrogens is 495 g/mol. The van der Waals surface area contributed by atoms with Gasteiger partial charge in [-0.15, -0.1) is 0 Å². The lowest BCUT2D eigenvalue weighted by atomic mass is 10.0. The molecule has 0 atom stereocenters. The molecule has 0 aliphatic rings. The van der Waals surface area contributed by atoms with Crippen molar-refractivity contribution in [3.8, 4) is 0 Å². The maximum Gasteiger partial charge on any atom is 0.228 e. The van der Waals surface area contributed by atoms with Crippen molar-refractivity contribution in [2.24, 2.45) is 0 Å². The maximum absolute atomic E-state index is 13.0. The molecule has 0 bridgehead atoms. The third kappa shape index (κ3) is 6.81. The number of halogens is 2. The van der Waals surface area contributed by atoms with Gasteiger partial charge in [0.05, 0.1) is 24.2 Å². The molecule has 0 saturated carbocycles. The van der Waals surface area contributed by atoms with Gasteiger partial charge in [-0.3, -0.25) is 14.4 Å². The fraction of sp³-hybridized carbons (Fsp3) is 0.0690. The summed E-state index contributed by atoms with van der Waals surface area (Å²) >= 11 is 11.9. The van der Waals surface area contributed by atoms with Crippen LogP contribution in [-0.4, -0.2) is 17.6 Å². The lowest BCUT2D eigenvalue weighted by Gasteiger charge is -2.14. The minimum absolute atomic E-state index is 0.103. The van der Waals surface area contributed by atoms with E-state index in [1.807, 2.05) is 6.07 Å². The van der Waals surface area contributed by atoms with Gasteiger partial charge in [-0.05, 0) is 53.6 Å². The zero-order valence-electron chi connectivity index (χ0n) is 19.1. The first-order chi connectivity index (χ1) is 17.4. The fourth-order valence-corrected chi connectivity index (χ4v) is 3.87. The van der Waals surface area contributed by atoms with Crippen LogP contribution in [0, 0.1) is 0 Å². The molecule has 2 N–H and O–H groups in total. The standard InChI is InChI=1S/C29H22Cl2N2O3/c30-23-11-6-19(7-12-23)16-27(34)32-25-15-10-22(29(36)21-4-2-1-3-5-21)18-26(25)33-28(35)17-20-8-13-24(31)14-9-20/h1-15,18H,16-17H2,(H,32,34)(H,33,35). The van der Waals surface area contributed by atoms with Crippen LogP contribution in [0.4, 0.5) is 11.4 Å². The molecule has 4 aromatic rings. The van der Waals surface area contributed by atoms with Gasteiger partial charge in [0.25, 0.3) is 0 Å². The number of hydrogen-bond acceptors (Lipinski definition) is 3. The van der Waals surface area contributed by atoms with Crippen molar-refractivity contribution in [1.29, 1.82) is 0 Å². The second-order valence-corrected chi connectivity index (χ2v) is 9.03. The van der Waals surface area contributed by atoms with E-state index in [4.69, 9.17) is 23.2 Å². The Labute approximate surface area is 219 Å². The van der Waals surface area contributed by atoms with E-state index in [1.165, 1.54) is 0 Å². The van der Waals surface area contributed by atoms with Gasteiger partial charge < -0.3 is 10.6 Å². The Morgan fingerprint density at radius 3 is 1.58 bits per heavy atom. The Hall–Kier alpha value is -3.93. The number of ketones is 1. The zero-order valence-corrected chi connectivity index (χ0v) is 20.6. The highest BCUT2D eigenvalue weighted by Gasteiger charge is 2.16. The van der Waals surface area contributed by atoms with Gasteiger partial charge in [0.15, 0.2) is 5.78 Å². The predicted molar refractivity (Wildman–Crippen MR) is 144 cm³/mol. The van der Waals surface area contributed by atoms with E-state index >= 15 is 0 Å². The first-order valence-electron chi connectivity index (χ1n) is 11.2. The van der Waals surface area contributed by atoms with Gasteiger partial charge in [0.2, 0.25) is 11.8 Å². The number of amides is 2. The molecule has 0 radical (unpaired) electrons. The van der Waals surface area contributed by atoms with Crippen molar-refractivity contribution in [3.63, 3.8) is 0 Å². The highest BCUT2D eigenvalue weighted by molar-refractivity contribution is 6.30. The summed E-state index contributed by atoms with van der Waals surface area (Å²) in [7, 11) is 0. The molecule has 4 rings (SSSR count). The van der Waals surface area contributed by atoms with E-state index in [1.54, 1.807) is 91.0 Å². The number of benzene rings is 4. The molecule has 4 aromatic carbocycles. The molecule has 36 heavy (non-hydrogen) atoms. The molecule has 0 saturated heterocycles. The van der Waals surface area contributed by atoms with Gasteiger partial charge in [0.1, 0.15) is 0 Å². The first-order valence-corrected chi connectivity index (χ1v) is 12.0. The maximum atomic E-state index is 13.0. The van der Waals surface area contributed by atoms with Crippen molar-refractivity contribution in [1.82, 2.24) is 0 Å². The van der Waals surface area contributed by atoms with Crippen molar-refractivity contribution < 1.29 is 14.4 Å². The molecule has 0 aliphatic heterocycles. The minimum atomic E-state index is -0.296. The van der Waals surface area contributed by atoms with Crippen LogP contribution in [-0.2, 0) is 22.4 Å². The van der Waals surface area contributed by atoms with E-state index < -0.39 is 0 Å². The summed E-state index contributed by atoms with van der Waals surface area (Å²) in [5.41, 5.74) is 3.21. The van der Waals surface area contributed by atoms with E-state index in [0.29, 0.717) is 32.5 Å². The average molecular weight is 517 g/mol. The molecule has 0 heterocycles. The summed E-state index contributed by atoms with van der Waals surface area (Å²) in [5, 5.41) is 6.85. The van der Waals surface area contributed by atoms with Gasteiger partial charge in [0, 0.05) is 21.2 Å². The molecular formula is C29H22Cl2N2O3. The van der Waals surface area contributed by atoms with Crippen molar-refractivity contribution in [3.05, 3.63) is 129 Å². The Balaban J connectivity index is 1.57. The van der Waals surface area contributed by atoms with Gasteiger partial charge in [-0.1, -0.05) is 77.8 Å². The Morgan fingerprint density at radius 2 is 1.06 bits per heavy atom. The summed E-state index contributed by atoms with van der Waals surface area (Å²) in [4.78, 5) is 38.5. The van der Waals surface area contributed by atoms with E-state index in [2.05, 4.69) is 10.6 Å². The molecule has 180 valence electrons. The van der Waals surface area contributed by atoms with Crippen LogP contribution in [0.25, 0.3) is 0 Å². The molecule has 0 fully saturated rings. The Morgan fingerprint density at radius 1 is 0.556 bits per heavy atom. The summed E-state index contributed by atoms with van der Waals surface area (Å²) < 4.78 is 0. The number of carbonyl (C=O) groups is 3. The van der Waals surface area contributed by atoms with Crippen LogP contribution in [0.2, 0.25) is 10.0 Å². The lowest BCUT2D eigenvalue weighted by Crippen LogP contribution is -2.19. The smallest absolute Gasteiger partial charge is 0.228 e. The van der Waals surface area contributed by atoms with Gasteiger partial charge >= 0.3 is 0 Å². The zero-order chi connectivity index (χ0) is 25.5. The largest absolute Gasteiger partial charge is 0.324 e. The van der Waals surface area contributed by atoms with Gasteiger partial charge in [-0.2, -0.15) is 0 Å². The van der Waals surface area contributed by atoms with Crippen molar-refractivity contribution >= 4 is 52.2 Å². The number of anilines is 2. The molecule has 5 nitrogen and oxygen atoms in total. The second-order valence-electron chi connectivity index (χ2n) is 8.16. The van der Waals surface area contributed by atoms with E-state index in [-0.39, 0.29) is 30.4 Å². The highest BCUT2D eigenvalue weighted by Crippen LogP contribution is 2.26. The number of hydrogen-bond donors (Lipinski definition) is 2. The SMILES string of the molecule is O=C(Cc1ccc(Cl)cc1)Nc1ccc(C(=O)c2ccccc2)cc1NC(=O)Cc1ccc(Cl)cc1. The van der Waals surface area contributed by atoms with Crippen LogP contribution in [0.15, 0.2) is 97.1 Å². The van der Waals surface area contributed by atoms with Crippen LogP contribution in [0.3, 0.4) is 0 Å². The third-order valence-corrected chi connectivity index (χ3v) is 5.93. The van der Waals surface area contributed by atoms with Crippen LogP contribution >= 0.6 is 23.2 Å². The lowest BCUT2D eigenvalue weighted by molar-refractivity contribution is -0.116. The van der Waals surface area contributed by atoms with Crippen LogP contribution in [0.5, 0.6) is 0 Å². The van der Waals surface area contributed by atoms with Crippen molar-refractivity contribution in [2.75, 3.05) is 10.6 Å². The molecule has 0 aromatic heterocycles. The van der Waals surface area contributed by atoms with Gasteiger partial charge in [-0.25, -0.2) is 0 Å². The van der Waals surface area contributed by atoms with Crippen LogP contribution < -0.4 is 10.6 Å². The molecule has 7 heteroatoms. The predicted octanol–water partition coefficient (Wildman–Crippen LogP) is 6.59. The molecule has 0 aliphatic carbocycles. The summed E-state index contributed by atoms with van der Waals surface area (Å²) in [6.07, 6.45) is 0.228. The average Bonchev–Trinajstić information content (AvgIpc) is 2.88. The normalized spacial score (nSPS) is 10.5. The summed E-state index contributed by atoms with van der Waals surface area (Å²) in [5.74, 6) is -0.759. The molecule has 0 spiro atoms. The van der Waals surface area contributed by atoms with Crippen molar-refractivity contribution in [2.45, 2.75) is 12.8 Å². The van der Waals surface area contributed by atoms with E-state index in [9.17, 15) is 14.4 Å². The van der Waals surface area contributed by atoms with Crippen LogP contribution in [0.1, 0.15) is 27.0 Å². The quantitative estimate of drug-likeness (QED) is 0.259. The summed E-state index contributed by atoms with van der Waals surface area (Å²) in [6, 6.07) is 27.6. The topological polar surface area (TPSA) is 75.3 Å². The number of nitrogens with one attached hydrogen (secondary N) is 2. The number of rotatable bonds is 8. The van der Waals surface area contributed by atoms with E-state index in [0.717, 1.165) is 11.1 Å². The highest BCUT2D eigenvalue weighted by atomic mass is 35.5. The monoisotopic (exact) mass is 516 g/mol. The Bertz CT molecular complexity index is 1390. The first kappa shape index (κ1) is 25.2. The number of carbonyl (C=O) groups excluding carboxylic acids is 3. The fourth-order valence-electron chi connectivity index (χ4n) is 3.62.